The number of hydrogen-bond acceptors (Lipinski definition) is 3. The lowest BCUT2D eigenvalue weighted by Crippen LogP contribution is -2.13. The van der Waals surface area contributed by atoms with Crippen molar-refractivity contribution in [2.24, 2.45) is 0 Å². The van der Waals surface area contributed by atoms with Crippen LogP contribution in [0.25, 0.3) is 11.0 Å². The van der Waals surface area contributed by atoms with Crippen LogP contribution in [0.4, 0.5) is 0 Å². The molecule has 0 bridgehead atoms. The van der Waals surface area contributed by atoms with Crippen molar-refractivity contribution in [3.8, 4) is 0 Å². The summed E-state index contributed by atoms with van der Waals surface area (Å²) in [5, 5.41) is 10.2. The topological polar surface area (TPSA) is 68.0 Å². The number of hydrogen-bond donors (Lipinski definition) is 1. The Bertz CT molecular complexity index is 619. The Morgan fingerprint density at radius 2 is 1.86 bits per heavy atom. The molecular weight excluding hydrogens is 302 g/mol. The molecule has 0 aromatic carbocycles. The summed E-state index contributed by atoms with van der Waals surface area (Å²) in [5.41, 5.74) is 0.896. The normalized spacial score (nSPS) is 14.0. The molecule has 1 aliphatic carbocycles. The van der Waals surface area contributed by atoms with Gasteiger partial charge in [0.1, 0.15) is 11.3 Å². The van der Waals surface area contributed by atoms with E-state index < -0.39 is 5.97 Å². The number of carboxylic acids is 1. The van der Waals surface area contributed by atoms with E-state index in [1.54, 1.807) is 16.8 Å². The fourth-order valence-corrected chi connectivity index (χ4v) is 2.81. The molecule has 1 N–H and O–H groups in total. The fraction of sp³-hybridized carbons (Fsp3) is 0.562. The third-order valence-corrected chi connectivity index (χ3v) is 3.64. The summed E-state index contributed by atoms with van der Waals surface area (Å²) in [6.45, 7) is 8.00. The minimum Gasteiger partial charge on any atom is -0.477 e. The lowest BCUT2D eigenvalue weighted by molar-refractivity contribution is 0.0683. The molecule has 0 saturated heterocycles. The van der Waals surface area contributed by atoms with Crippen LogP contribution in [-0.4, -0.2) is 25.6 Å². The van der Waals surface area contributed by atoms with E-state index in [9.17, 15) is 9.90 Å². The zero-order valence-electron chi connectivity index (χ0n) is 13.6. The highest BCUT2D eigenvalue weighted by Gasteiger charge is 2.25. The van der Waals surface area contributed by atoms with Gasteiger partial charge in [0, 0.05) is 17.6 Å². The average molecular weight is 326 g/mol. The van der Waals surface area contributed by atoms with Crippen LogP contribution in [0.5, 0.6) is 0 Å². The first-order chi connectivity index (χ1) is 10.7. The first kappa shape index (κ1) is 18.4. The summed E-state index contributed by atoms with van der Waals surface area (Å²) in [5.74, 6) is -0.934. The molecule has 3 rings (SSSR count). The zero-order valence-corrected chi connectivity index (χ0v) is 14.4. The highest BCUT2D eigenvalue weighted by Crippen LogP contribution is 2.34. The van der Waals surface area contributed by atoms with Gasteiger partial charge in [0.05, 0.1) is 0 Å². The van der Waals surface area contributed by atoms with Gasteiger partial charge in [-0.05, 0) is 30.5 Å². The van der Waals surface area contributed by atoms with Crippen LogP contribution in [0.3, 0.4) is 0 Å². The third kappa shape index (κ3) is 3.77. The molecule has 0 amide bonds. The van der Waals surface area contributed by atoms with E-state index in [1.807, 2.05) is 27.7 Å². The van der Waals surface area contributed by atoms with Crippen molar-refractivity contribution >= 4 is 28.6 Å². The van der Waals surface area contributed by atoms with E-state index in [-0.39, 0.29) is 17.0 Å². The van der Waals surface area contributed by atoms with Gasteiger partial charge in [0.25, 0.3) is 0 Å². The number of aromatic nitrogens is 3. The third-order valence-electron chi connectivity index (χ3n) is 3.46. The van der Waals surface area contributed by atoms with Crippen molar-refractivity contribution in [2.45, 2.75) is 59.4 Å². The fourth-order valence-electron chi connectivity index (χ4n) is 2.68. The van der Waals surface area contributed by atoms with E-state index in [2.05, 4.69) is 9.97 Å². The number of carbonyl (C=O) groups is 1. The van der Waals surface area contributed by atoms with Crippen LogP contribution in [0, 0.1) is 0 Å². The predicted octanol–water partition coefficient (Wildman–Crippen LogP) is 4.95. The van der Waals surface area contributed by atoms with Crippen molar-refractivity contribution < 1.29 is 9.90 Å². The van der Waals surface area contributed by atoms with Crippen LogP contribution in [0.15, 0.2) is 12.3 Å². The zero-order chi connectivity index (χ0) is 16.7. The molecule has 1 saturated carbocycles. The van der Waals surface area contributed by atoms with Gasteiger partial charge in [-0.2, -0.15) is 4.98 Å². The summed E-state index contributed by atoms with van der Waals surface area (Å²) in [6, 6.07) is 1.83. The van der Waals surface area contributed by atoms with Gasteiger partial charge >= 0.3 is 5.97 Å². The van der Waals surface area contributed by atoms with Gasteiger partial charge in [-0.3, -0.25) is 0 Å². The first-order valence-electron chi connectivity index (χ1n) is 7.93. The highest BCUT2D eigenvalue weighted by molar-refractivity contribution is 6.28. The predicted molar refractivity (Wildman–Crippen MR) is 89.7 cm³/mol. The van der Waals surface area contributed by atoms with Crippen LogP contribution < -0.4 is 0 Å². The van der Waals surface area contributed by atoms with Crippen LogP contribution in [-0.2, 0) is 0 Å². The largest absolute Gasteiger partial charge is 0.477 e. The number of rotatable bonds is 2. The van der Waals surface area contributed by atoms with Crippen molar-refractivity contribution in [1.82, 2.24) is 14.5 Å². The SMILES string of the molecule is CC.CC.O=C(O)c1cc2cnc(Cl)nc2n1C1CCCC1. The van der Waals surface area contributed by atoms with E-state index in [0.717, 1.165) is 31.1 Å². The Hall–Kier alpha value is -1.62. The average Bonchev–Trinajstić information content (AvgIpc) is 3.17. The van der Waals surface area contributed by atoms with Gasteiger partial charge in [0.2, 0.25) is 5.28 Å². The van der Waals surface area contributed by atoms with Crippen LogP contribution in [0.2, 0.25) is 5.28 Å². The molecule has 0 atom stereocenters. The van der Waals surface area contributed by atoms with Crippen molar-refractivity contribution in [3.05, 3.63) is 23.2 Å². The molecule has 1 aliphatic rings. The van der Waals surface area contributed by atoms with Gasteiger partial charge < -0.3 is 9.67 Å². The molecule has 5 nitrogen and oxygen atoms in total. The Kier molecular flexibility index (Phi) is 7.32. The standard InChI is InChI=1S/C12H12ClN3O2.2C2H6/c13-12-14-6-7-5-9(11(17)18)16(10(7)15-12)8-3-1-2-4-8;2*1-2/h5-6,8H,1-4H2,(H,17,18);2*1-2H3. The number of fused-ring (bicyclic) bond motifs is 1. The van der Waals surface area contributed by atoms with Crippen molar-refractivity contribution in [3.63, 3.8) is 0 Å². The Balaban J connectivity index is 0.000000561. The van der Waals surface area contributed by atoms with Gasteiger partial charge in [-0.15, -0.1) is 0 Å². The molecule has 2 aromatic rings. The number of nitrogens with zero attached hydrogens (tertiary/aromatic N) is 3. The Labute approximate surface area is 136 Å². The number of carboxylic acid groups (broad SMARTS) is 1. The molecule has 0 radical (unpaired) electrons. The lowest BCUT2D eigenvalue weighted by atomic mass is 10.2. The molecule has 0 unspecified atom stereocenters. The van der Waals surface area contributed by atoms with Crippen LogP contribution in [0.1, 0.15) is 69.9 Å². The minimum atomic E-state index is -0.934. The van der Waals surface area contributed by atoms with Crippen molar-refractivity contribution in [2.75, 3.05) is 0 Å². The second-order valence-electron chi connectivity index (χ2n) is 4.56. The number of halogens is 1. The summed E-state index contributed by atoms with van der Waals surface area (Å²) in [4.78, 5) is 19.4. The highest BCUT2D eigenvalue weighted by atomic mass is 35.5. The molecule has 0 aliphatic heterocycles. The van der Waals surface area contributed by atoms with Gasteiger partial charge in [0.15, 0.2) is 0 Å². The maximum atomic E-state index is 11.3. The maximum Gasteiger partial charge on any atom is 0.352 e. The lowest BCUT2D eigenvalue weighted by Gasteiger charge is -2.14. The maximum absolute atomic E-state index is 11.3. The summed E-state index contributed by atoms with van der Waals surface area (Å²) >= 11 is 5.80. The van der Waals surface area contributed by atoms with Crippen LogP contribution >= 0.6 is 11.6 Å². The Morgan fingerprint density at radius 3 is 2.41 bits per heavy atom. The van der Waals surface area contributed by atoms with E-state index in [0.29, 0.717) is 5.65 Å². The Morgan fingerprint density at radius 1 is 1.27 bits per heavy atom. The van der Waals surface area contributed by atoms with Gasteiger partial charge in [-0.1, -0.05) is 40.5 Å². The van der Waals surface area contributed by atoms with E-state index >= 15 is 0 Å². The molecule has 22 heavy (non-hydrogen) atoms. The summed E-state index contributed by atoms with van der Waals surface area (Å²) < 4.78 is 1.80. The van der Waals surface area contributed by atoms with E-state index in [1.165, 1.54) is 0 Å². The first-order valence-corrected chi connectivity index (χ1v) is 8.31. The molecule has 2 heterocycles. The quantitative estimate of drug-likeness (QED) is 0.793. The molecular formula is C16H24ClN3O2. The molecule has 2 aromatic heterocycles. The summed E-state index contributed by atoms with van der Waals surface area (Å²) in [7, 11) is 0. The van der Waals surface area contributed by atoms with Crippen molar-refractivity contribution in [1.29, 1.82) is 0 Å². The number of aromatic carboxylic acids is 1. The second kappa shape index (κ2) is 8.73. The smallest absolute Gasteiger partial charge is 0.352 e. The second-order valence-corrected chi connectivity index (χ2v) is 4.90. The molecule has 1 fully saturated rings. The monoisotopic (exact) mass is 325 g/mol. The minimum absolute atomic E-state index is 0.150. The van der Waals surface area contributed by atoms with E-state index in [4.69, 9.17) is 11.6 Å². The molecule has 122 valence electrons. The molecule has 0 spiro atoms. The molecule has 6 heteroatoms. The van der Waals surface area contributed by atoms with Gasteiger partial charge in [-0.25, -0.2) is 9.78 Å². The summed E-state index contributed by atoms with van der Waals surface area (Å²) in [6.07, 6.45) is 5.81.